The highest BCUT2D eigenvalue weighted by molar-refractivity contribution is 6.31. The molecule has 3 rings (SSSR count). The molecule has 0 aliphatic rings. The molecule has 1 aromatic heterocycles. The Morgan fingerprint density at radius 2 is 2.00 bits per heavy atom. The number of aliphatic hydroxyl groups excluding tert-OH is 1. The second kappa shape index (κ2) is 7.78. The molecule has 130 valence electrons. The van der Waals surface area contributed by atoms with E-state index in [2.05, 4.69) is 4.98 Å². The molecule has 0 bridgehead atoms. The maximum Gasteiger partial charge on any atom is 0.261 e. The Balaban J connectivity index is 1.68. The number of hydrogen-bond acceptors (Lipinski definition) is 4. The van der Waals surface area contributed by atoms with E-state index in [1.54, 1.807) is 18.2 Å². The molecule has 0 saturated heterocycles. The van der Waals surface area contributed by atoms with Gasteiger partial charge in [-0.3, -0.25) is 14.3 Å². The van der Waals surface area contributed by atoms with Gasteiger partial charge in [-0.05, 0) is 30.8 Å². The van der Waals surface area contributed by atoms with Crippen LogP contribution in [0.25, 0.3) is 10.9 Å². The van der Waals surface area contributed by atoms with Crippen LogP contribution in [0, 0.1) is 0 Å². The molecule has 1 atom stereocenters. The Bertz CT molecular complexity index is 911. The first-order chi connectivity index (χ1) is 12.0. The molecule has 3 aromatic rings. The van der Waals surface area contributed by atoms with E-state index < -0.39 is 6.10 Å². The lowest BCUT2D eigenvalue weighted by Gasteiger charge is -2.21. The SMILES string of the molecule is CN(Cc1ccccc1)CC(O)Cn1cnc2ccc(Cl)cc2c1=O. The van der Waals surface area contributed by atoms with Gasteiger partial charge in [-0.25, -0.2) is 4.98 Å². The fourth-order valence-electron chi connectivity index (χ4n) is 2.87. The highest BCUT2D eigenvalue weighted by Gasteiger charge is 2.12. The summed E-state index contributed by atoms with van der Waals surface area (Å²) in [6, 6.07) is 15.1. The second-order valence-corrected chi connectivity index (χ2v) is 6.64. The number of fused-ring (bicyclic) bond motifs is 1. The number of nitrogens with zero attached hydrogens (tertiary/aromatic N) is 3. The summed E-state index contributed by atoms with van der Waals surface area (Å²) in [4.78, 5) is 18.8. The predicted molar refractivity (Wildman–Crippen MR) is 99.8 cm³/mol. The van der Waals surface area contributed by atoms with Crippen molar-refractivity contribution in [2.45, 2.75) is 19.2 Å². The zero-order valence-electron chi connectivity index (χ0n) is 14.0. The summed E-state index contributed by atoms with van der Waals surface area (Å²) in [5.41, 5.74) is 1.58. The summed E-state index contributed by atoms with van der Waals surface area (Å²) in [6.07, 6.45) is 0.795. The highest BCUT2D eigenvalue weighted by Crippen LogP contribution is 2.14. The van der Waals surface area contributed by atoms with Gasteiger partial charge in [0.2, 0.25) is 0 Å². The number of hydrogen-bond donors (Lipinski definition) is 1. The minimum atomic E-state index is -0.676. The third-order valence-corrected chi connectivity index (χ3v) is 4.25. The van der Waals surface area contributed by atoms with Crippen LogP contribution in [-0.2, 0) is 13.1 Å². The van der Waals surface area contributed by atoms with Crippen molar-refractivity contribution < 1.29 is 5.11 Å². The van der Waals surface area contributed by atoms with E-state index in [1.165, 1.54) is 16.5 Å². The van der Waals surface area contributed by atoms with Crippen LogP contribution in [0.2, 0.25) is 5.02 Å². The number of benzene rings is 2. The number of aromatic nitrogens is 2. The van der Waals surface area contributed by atoms with E-state index >= 15 is 0 Å². The molecule has 0 aliphatic heterocycles. The molecule has 0 spiro atoms. The fourth-order valence-corrected chi connectivity index (χ4v) is 3.04. The lowest BCUT2D eigenvalue weighted by molar-refractivity contribution is 0.106. The molecule has 1 heterocycles. The van der Waals surface area contributed by atoms with Gasteiger partial charge in [-0.2, -0.15) is 0 Å². The third kappa shape index (κ3) is 4.45. The van der Waals surface area contributed by atoms with E-state index in [9.17, 15) is 9.90 Å². The van der Waals surface area contributed by atoms with Gasteiger partial charge < -0.3 is 5.11 Å². The van der Waals surface area contributed by atoms with Gasteiger partial charge >= 0.3 is 0 Å². The van der Waals surface area contributed by atoms with Gasteiger partial charge in [0.15, 0.2) is 0 Å². The minimum absolute atomic E-state index is 0.188. The lowest BCUT2D eigenvalue weighted by atomic mass is 10.2. The van der Waals surface area contributed by atoms with Gasteiger partial charge in [0.05, 0.1) is 29.9 Å². The standard InChI is InChI=1S/C19H20ClN3O2/c1-22(10-14-5-3-2-4-6-14)11-16(24)12-23-13-21-18-8-7-15(20)9-17(18)19(23)25/h2-9,13,16,24H,10-12H2,1H3. The number of likely N-dealkylation sites (N-methyl/N-ethyl adjacent to an activating group) is 1. The Morgan fingerprint density at radius 1 is 1.24 bits per heavy atom. The van der Waals surface area contributed by atoms with E-state index in [0.29, 0.717) is 22.5 Å². The lowest BCUT2D eigenvalue weighted by Crippen LogP contribution is -2.34. The van der Waals surface area contributed by atoms with E-state index in [0.717, 1.165) is 6.54 Å². The quantitative estimate of drug-likeness (QED) is 0.736. The van der Waals surface area contributed by atoms with Crippen molar-refractivity contribution in [3.05, 3.63) is 75.8 Å². The number of halogens is 1. The zero-order chi connectivity index (χ0) is 17.8. The minimum Gasteiger partial charge on any atom is -0.390 e. The number of rotatable bonds is 6. The molecule has 2 aromatic carbocycles. The molecule has 1 unspecified atom stereocenters. The van der Waals surface area contributed by atoms with Crippen molar-refractivity contribution in [1.82, 2.24) is 14.5 Å². The van der Waals surface area contributed by atoms with Gasteiger partial charge in [0, 0.05) is 18.1 Å². The summed E-state index contributed by atoms with van der Waals surface area (Å²) < 4.78 is 1.43. The van der Waals surface area contributed by atoms with Crippen LogP contribution < -0.4 is 5.56 Å². The highest BCUT2D eigenvalue weighted by atomic mass is 35.5. The average Bonchev–Trinajstić information content (AvgIpc) is 2.58. The molecule has 0 aliphatic carbocycles. The fraction of sp³-hybridized carbons (Fsp3) is 0.263. The molecule has 1 N–H and O–H groups in total. The van der Waals surface area contributed by atoms with Crippen LogP contribution in [-0.4, -0.2) is 39.3 Å². The van der Waals surface area contributed by atoms with Crippen molar-refractivity contribution in [2.24, 2.45) is 0 Å². The third-order valence-electron chi connectivity index (χ3n) is 4.01. The van der Waals surface area contributed by atoms with Crippen LogP contribution in [0.5, 0.6) is 0 Å². The van der Waals surface area contributed by atoms with Crippen molar-refractivity contribution in [2.75, 3.05) is 13.6 Å². The summed E-state index contributed by atoms with van der Waals surface area (Å²) in [7, 11) is 1.94. The van der Waals surface area contributed by atoms with Gasteiger partial charge in [-0.1, -0.05) is 41.9 Å². The summed E-state index contributed by atoms with van der Waals surface area (Å²) >= 11 is 5.96. The van der Waals surface area contributed by atoms with E-state index in [4.69, 9.17) is 11.6 Å². The first kappa shape index (κ1) is 17.6. The second-order valence-electron chi connectivity index (χ2n) is 6.20. The van der Waals surface area contributed by atoms with E-state index in [1.807, 2.05) is 42.3 Å². The molecule has 0 saturated carbocycles. The molecule has 0 amide bonds. The van der Waals surface area contributed by atoms with Crippen LogP contribution in [0.3, 0.4) is 0 Å². The predicted octanol–water partition coefficient (Wildman–Crippen LogP) is 2.54. The van der Waals surface area contributed by atoms with Gasteiger partial charge in [0.25, 0.3) is 5.56 Å². The first-order valence-corrected chi connectivity index (χ1v) is 8.46. The molecule has 5 nitrogen and oxygen atoms in total. The van der Waals surface area contributed by atoms with E-state index in [-0.39, 0.29) is 12.1 Å². The van der Waals surface area contributed by atoms with Crippen molar-refractivity contribution in [3.8, 4) is 0 Å². The van der Waals surface area contributed by atoms with Crippen molar-refractivity contribution in [3.63, 3.8) is 0 Å². The molecular formula is C19H20ClN3O2. The Kier molecular flexibility index (Phi) is 5.48. The molecule has 6 heteroatoms. The van der Waals surface area contributed by atoms with Crippen LogP contribution in [0.15, 0.2) is 59.7 Å². The Labute approximate surface area is 151 Å². The largest absolute Gasteiger partial charge is 0.390 e. The maximum atomic E-state index is 12.5. The van der Waals surface area contributed by atoms with Crippen molar-refractivity contribution in [1.29, 1.82) is 0 Å². The molecular weight excluding hydrogens is 338 g/mol. The molecule has 0 radical (unpaired) electrons. The molecule has 25 heavy (non-hydrogen) atoms. The summed E-state index contributed by atoms with van der Waals surface area (Å²) in [6.45, 7) is 1.38. The monoisotopic (exact) mass is 357 g/mol. The van der Waals surface area contributed by atoms with Crippen LogP contribution in [0.1, 0.15) is 5.56 Å². The smallest absolute Gasteiger partial charge is 0.261 e. The normalized spacial score (nSPS) is 12.6. The summed E-state index contributed by atoms with van der Waals surface area (Å²) in [5.74, 6) is 0. The molecule has 0 fully saturated rings. The number of aliphatic hydroxyl groups is 1. The van der Waals surface area contributed by atoms with Crippen LogP contribution >= 0.6 is 11.6 Å². The Hall–Kier alpha value is -2.21. The van der Waals surface area contributed by atoms with Gasteiger partial charge in [-0.15, -0.1) is 0 Å². The summed E-state index contributed by atoms with van der Waals surface area (Å²) in [5, 5.41) is 11.3. The first-order valence-electron chi connectivity index (χ1n) is 8.08. The topological polar surface area (TPSA) is 58.4 Å². The zero-order valence-corrected chi connectivity index (χ0v) is 14.7. The maximum absolute atomic E-state index is 12.5. The average molecular weight is 358 g/mol. The van der Waals surface area contributed by atoms with Gasteiger partial charge in [0.1, 0.15) is 0 Å². The Morgan fingerprint density at radius 3 is 2.76 bits per heavy atom. The van der Waals surface area contributed by atoms with Crippen LogP contribution in [0.4, 0.5) is 0 Å². The van der Waals surface area contributed by atoms with Crippen molar-refractivity contribution >= 4 is 22.5 Å².